The second kappa shape index (κ2) is 5.86. The highest BCUT2D eigenvalue weighted by Crippen LogP contribution is 2.09. The van der Waals surface area contributed by atoms with Crippen molar-refractivity contribution in [1.82, 2.24) is 0 Å². The Bertz CT molecular complexity index is 531. The molecule has 0 aliphatic heterocycles. The Hall–Kier alpha value is -2.08. The van der Waals surface area contributed by atoms with Gasteiger partial charge in [-0.3, -0.25) is 4.84 Å². The predicted molar refractivity (Wildman–Crippen MR) is 65.1 cm³/mol. The fraction of sp³-hybridized carbons (Fsp3) is 0.286. The van der Waals surface area contributed by atoms with Gasteiger partial charge in [0.1, 0.15) is 0 Å². The van der Waals surface area contributed by atoms with Crippen molar-refractivity contribution in [3.63, 3.8) is 0 Å². The number of nitriles is 1. The van der Waals surface area contributed by atoms with Crippen LogP contribution < -0.4 is 9.57 Å². The van der Waals surface area contributed by atoms with E-state index < -0.39 is 0 Å². The van der Waals surface area contributed by atoms with Crippen LogP contribution in [0.4, 0.5) is 0 Å². The molecule has 1 aromatic carbocycles. The van der Waals surface area contributed by atoms with Gasteiger partial charge in [0.15, 0.2) is 6.61 Å². The van der Waals surface area contributed by atoms with Gasteiger partial charge in [-0.05, 0) is 24.3 Å². The summed E-state index contributed by atoms with van der Waals surface area (Å²) in [6.45, 7) is 0.644. The molecule has 2 aromatic rings. The fourth-order valence-corrected chi connectivity index (χ4v) is 1.67. The second-order valence-corrected chi connectivity index (χ2v) is 3.88. The first-order valence-electron chi connectivity index (χ1n) is 5.80. The van der Waals surface area contributed by atoms with Gasteiger partial charge in [0.2, 0.25) is 12.4 Å². The highest BCUT2D eigenvalue weighted by atomic mass is 16.7. The van der Waals surface area contributed by atoms with Gasteiger partial charge in [-0.15, -0.1) is 0 Å². The molecule has 1 heterocycles. The molecule has 0 aliphatic carbocycles. The molecule has 0 amide bonds. The summed E-state index contributed by atoms with van der Waals surface area (Å²) in [5.74, 6) is 0. The topological polar surface area (TPSA) is 36.9 Å². The Morgan fingerprint density at radius 2 is 1.94 bits per heavy atom. The number of benzene rings is 1. The summed E-state index contributed by atoms with van der Waals surface area (Å²) in [6, 6.07) is 12.3. The van der Waals surface area contributed by atoms with Gasteiger partial charge in [0, 0.05) is 17.2 Å². The van der Waals surface area contributed by atoms with Crippen LogP contribution in [0.15, 0.2) is 42.7 Å². The first-order valence-corrected chi connectivity index (χ1v) is 5.80. The fourth-order valence-electron chi connectivity index (χ4n) is 1.67. The van der Waals surface area contributed by atoms with E-state index in [0.717, 1.165) is 18.2 Å². The van der Waals surface area contributed by atoms with E-state index in [9.17, 15) is 0 Å². The average Bonchev–Trinajstić information content (AvgIpc) is 2.38. The van der Waals surface area contributed by atoms with E-state index in [4.69, 9.17) is 10.1 Å². The molecule has 0 radical (unpaired) electrons. The molecule has 0 bridgehead atoms. The molecule has 0 N–H and O–H groups in total. The van der Waals surface area contributed by atoms with Crippen LogP contribution in [0, 0.1) is 11.3 Å². The quantitative estimate of drug-likeness (QED) is 0.580. The third-order valence-corrected chi connectivity index (χ3v) is 2.59. The summed E-state index contributed by atoms with van der Waals surface area (Å²) in [5.41, 5.74) is 0. The van der Waals surface area contributed by atoms with Crippen molar-refractivity contribution in [2.24, 2.45) is 0 Å². The molecule has 0 aliphatic rings. The number of fused-ring (bicyclic) bond motifs is 1. The number of aromatic nitrogens is 1. The zero-order valence-corrected chi connectivity index (χ0v) is 9.67. The number of pyridine rings is 1. The van der Waals surface area contributed by atoms with Crippen LogP contribution in [0.2, 0.25) is 0 Å². The zero-order chi connectivity index (χ0) is 11.9. The van der Waals surface area contributed by atoms with Crippen LogP contribution in [0.25, 0.3) is 10.8 Å². The molecule has 3 heteroatoms. The lowest BCUT2D eigenvalue weighted by atomic mass is 10.2. The molecule has 0 fully saturated rings. The lowest BCUT2D eigenvalue weighted by molar-refractivity contribution is -0.890. The molecule has 86 valence electrons. The Morgan fingerprint density at radius 3 is 2.76 bits per heavy atom. The number of hydrogen-bond donors (Lipinski definition) is 0. The molecular weight excluding hydrogens is 212 g/mol. The normalized spacial score (nSPS) is 10.1. The molecule has 0 saturated heterocycles. The van der Waals surface area contributed by atoms with E-state index in [1.165, 1.54) is 5.39 Å². The van der Waals surface area contributed by atoms with Crippen molar-refractivity contribution in [2.45, 2.75) is 19.3 Å². The van der Waals surface area contributed by atoms with Crippen molar-refractivity contribution in [3.8, 4) is 6.07 Å². The Kier molecular flexibility index (Phi) is 3.93. The minimum Gasteiger partial charge on any atom is -0.271 e. The minimum atomic E-state index is 0.603. The third-order valence-electron chi connectivity index (χ3n) is 2.59. The molecule has 0 spiro atoms. The van der Waals surface area contributed by atoms with Gasteiger partial charge in [-0.2, -0.15) is 5.26 Å². The standard InChI is InChI=1S/C14H15N2O/c15-9-4-1-5-11-17-16-10-8-13-6-2-3-7-14(13)12-16/h2-3,6-8,10,12H,1,4-5,11H2/q+1. The summed E-state index contributed by atoms with van der Waals surface area (Å²) in [5, 5.41) is 10.8. The van der Waals surface area contributed by atoms with E-state index in [1.807, 2.05) is 30.6 Å². The lowest BCUT2D eigenvalue weighted by Crippen LogP contribution is -2.42. The van der Waals surface area contributed by atoms with Crippen LogP contribution in [0.1, 0.15) is 19.3 Å². The number of unbranched alkanes of at least 4 members (excludes halogenated alkanes) is 2. The number of hydrogen-bond acceptors (Lipinski definition) is 2. The van der Waals surface area contributed by atoms with Crippen molar-refractivity contribution in [1.29, 1.82) is 5.26 Å². The Morgan fingerprint density at radius 1 is 1.12 bits per heavy atom. The highest BCUT2D eigenvalue weighted by Gasteiger charge is 2.03. The maximum atomic E-state index is 8.40. The smallest absolute Gasteiger partial charge is 0.230 e. The van der Waals surface area contributed by atoms with E-state index in [-0.39, 0.29) is 0 Å². The largest absolute Gasteiger partial charge is 0.271 e. The molecule has 17 heavy (non-hydrogen) atoms. The molecule has 2 rings (SSSR count). The summed E-state index contributed by atoms with van der Waals surface area (Å²) in [4.78, 5) is 5.57. The zero-order valence-electron chi connectivity index (χ0n) is 9.67. The molecule has 0 unspecified atom stereocenters. The second-order valence-electron chi connectivity index (χ2n) is 3.88. The van der Waals surface area contributed by atoms with E-state index in [2.05, 4.69) is 18.2 Å². The summed E-state index contributed by atoms with van der Waals surface area (Å²) >= 11 is 0. The summed E-state index contributed by atoms with van der Waals surface area (Å²) < 4.78 is 1.73. The lowest BCUT2D eigenvalue weighted by Gasteiger charge is -1.99. The minimum absolute atomic E-state index is 0.603. The Balaban J connectivity index is 1.93. The first-order chi connectivity index (χ1) is 8.40. The Labute approximate surface area is 101 Å². The van der Waals surface area contributed by atoms with Gasteiger partial charge in [-0.1, -0.05) is 18.2 Å². The van der Waals surface area contributed by atoms with Gasteiger partial charge < -0.3 is 0 Å². The van der Waals surface area contributed by atoms with E-state index >= 15 is 0 Å². The predicted octanol–water partition coefficient (Wildman–Crippen LogP) is 2.25. The molecule has 0 atom stereocenters. The summed E-state index contributed by atoms with van der Waals surface area (Å²) in [7, 11) is 0. The van der Waals surface area contributed by atoms with Crippen molar-refractivity contribution in [3.05, 3.63) is 42.7 Å². The van der Waals surface area contributed by atoms with Gasteiger partial charge in [0.05, 0.1) is 11.5 Å². The maximum Gasteiger partial charge on any atom is 0.230 e. The van der Waals surface area contributed by atoms with Crippen LogP contribution in [-0.2, 0) is 0 Å². The van der Waals surface area contributed by atoms with E-state index in [1.54, 1.807) is 4.73 Å². The van der Waals surface area contributed by atoms with Crippen LogP contribution in [0.5, 0.6) is 0 Å². The van der Waals surface area contributed by atoms with E-state index in [0.29, 0.717) is 13.0 Å². The molecule has 3 nitrogen and oxygen atoms in total. The molecule has 1 aromatic heterocycles. The van der Waals surface area contributed by atoms with Gasteiger partial charge in [0.25, 0.3) is 0 Å². The SMILES string of the molecule is N#CCCCCO[n+]1ccc2ccccc2c1. The van der Waals surface area contributed by atoms with Crippen molar-refractivity contribution >= 4 is 10.8 Å². The monoisotopic (exact) mass is 227 g/mol. The van der Waals surface area contributed by atoms with Crippen LogP contribution in [-0.4, -0.2) is 6.61 Å². The van der Waals surface area contributed by atoms with Crippen molar-refractivity contribution < 1.29 is 9.57 Å². The van der Waals surface area contributed by atoms with Crippen molar-refractivity contribution in [2.75, 3.05) is 6.61 Å². The van der Waals surface area contributed by atoms with Crippen LogP contribution in [0.3, 0.4) is 0 Å². The molecular formula is C14H15N2O+. The van der Waals surface area contributed by atoms with Gasteiger partial charge >= 0.3 is 0 Å². The van der Waals surface area contributed by atoms with Crippen LogP contribution >= 0.6 is 0 Å². The molecule has 0 saturated carbocycles. The number of rotatable bonds is 5. The number of nitrogens with zero attached hydrogens (tertiary/aromatic N) is 2. The van der Waals surface area contributed by atoms with Gasteiger partial charge in [-0.25, -0.2) is 0 Å². The maximum absolute atomic E-state index is 8.40. The summed E-state index contributed by atoms with van der Waals surface area (Å²) in [6.07, 6.45) is 6.29. The highest BCUT2D eigenvalue weighted by molar-refractivity contribution is 5.80. The third kappa shape index (κ3) is 3.18. The first kappa shape index (κ1) is 11.4. The average molecular weight is 227 g/mol.